The number of carbonyl (C=O) groups is 1. The van der Waals surface area contributed by atoms with Crippen LogP contribution < -0.4 is 0 Å². The maximum atomic E-state index is 13.8. The number of rotatable bonds is 2. The quantitative estimate of drug-likeness (QED) is 0.847. The summed E-state index contributed by atoms with van der Waals surface area (Å²) in [6, 6.07) is 6.14. The number of aryl methyl sites for hydroxylation is 1. The van der Waals surface area contributed by atoms with E-state index in [9.17, 15) is 9.18 Å². The van der Waals surface area contributed by atoms with Crippen LogP contribution in [0.1, 0.15) is 39.9 Å². The van der Waals surface area contributed by atoms with Gasteiger partial charge in [0.1, 0.15) is 10.8 Å². The molecule has 1 saturated heterocycles. The zero-order chi connectivity index (χ0) is 14.1. The predicted molar refractivity (Wildman–Crippen MR) is 76.3 cm³/mol. The van der Waals surface area contributed by atoms with E-state index in [1.165, 1.54) is 6.07 Å². The minimum absolute atomic E-state index is 0.0131. The third-order valence-corrected chi connectivity index (χ3v) is 4.60. The Hall–Kier alpha value is -1.75. The molecule has 1 fully saturated rings. The summed E-state index contributed by atoms with van der Waals surface area (Å²) in [5, 5.41) is 2.93. The minimum Gasteiger partial charge on any atom is -0.329 e. The van der Waals surface area contributed by atoms with Crippen molar-refractivity contribution in [3.8, 4) is 0 Å². The van der Waals surface area contributed by atoms with Crippen molar-refractivity contribution < 1.29 is 9.18 Å². The Morgan fingerprint density at radius 1 is 1.45 bits per heavy atom. The van der Waals surface area contributed by atoms with Gasteiger partial charge < -0.3 is 4.90 Å². The molecule has 20 heavy (non-hydrogen) atoms. The summed E-state index contributed by atoms with van der Waals surface area (Å²) in [7, 11) is 0. The lowest BCUT2D eigenvalue weighted by Gasteiger charge is -2.23. The van der Waals surface area contributed by atoms with Crippen LogP contribution in [0.5, 0.6) is 0 Å². The molecule has 3 rings (SSSR count). The summed E-state index contributed by atoms with van der Waals surface area (Å²) in [4.78, 5) is 18.7. The number of carbonyl (C=O) groups excluding carboxylic acids is 1. The van der Waals surface area contributed by atoms with Crippen LogP contribution in [0.15, 0.2) is 29.6 Å². The van der Waals surface area contributed by atoms with Crippen LogP contribution in [-0.2, 0) is 0 Å². The number of likely N-dealkylation sites (tertiary alicyclic amines) is 1. The summed E-state index contributed by atoms with van der Waals surface area (Å²) in [6.45, 7) is 2.61. The first-order chi connectivity index (χ1) is 9.66. The Labute approximate surface area is 121 Å². The number of hydrogen-bond acceptors (Lipinski definition) is 3. The van der Waals surface area contributed by atoms with Crippen LogP contribution in [0, 0.1) is 12.7 Å². The van der Waals surface area contributed by atoms with Crippen molar-refractivity contribution in [2.24, 2.45) is 0 Å². The maximum absolute atomic E-state index is 13.8. The Balaban J connectivity index is 1.89. The van der Waals surface area contributed by atoms with Crippen molar-refractivity contribution in [1.82, 2.24) is 9.88 Å². The molecule has 5 heteroatoms. The molecule has 1 amide bonds. The molecule has 0 N–H and O–H groups in total. The lowest BCUT2D eigenvalue weighted by Crippen LogP contribution is -2.31. The van der Waals surface area contributed by atoms with E-state index in [0.717, 1.165) is 23.5 Å². The molecule has 0 bridgehead atoms. The molecular weight excluding hydrogens is 275 g/mol. The molecule has 1 aliphatic heterocycles. The van der Waals surface area contributed by atoms with Crippen molar-refractivity contribution in [2.45, 2.75) is 25.8 Å². The average molecular weight is 290 g/mol. The fraction of sp³-hybridized carbons (Fsp3) is 0.333. The van der Waals surface area contributed by atoms with Gasteiger partial charge in [-0.15, -0.1) is 11.3 Å². The molecule has 0 unspecified atom stereocenters. The van der Waals surface area contributed by atoms with Gasteiger partial charge in [0.25, 0.3) is 5.91 Å². The van der Waals surface area contributed by atoms with E-state index in [2.05, 4.69) is 4.98 Å². The van der Waals surface area contributed by atoms with Gasteiger partial charge in [-0.1, -0.05) is 12.1 Å². The highest BCUT2D eigenvalue weighted by Gasteiger charge is 2.33. The molecule has 0 aliphatic carbocycles. The first-order valence-corrected chi connectivity index (χ1v) is 7.52. The third-order valence-electron chi connectivity index (χ3n) is 3.54. The SMILES string of the molecule is Cc1csc([C@H]2CCCN2C(=O)c2ccccc2F)n1. The van der Waals surface area contributed by atoms with E-state index in [-0.39, 0.29) is 17.5 Å². The summed E-state index contributed by atoms with van der Waals surface area (Å²) in [5.74, 6) is -0.697. The Morgan fingerprint density at radius 2 is 2.25 bits per heavy atom. The van der Waals surface area contributed by atoms with E-state index >= 15 is 0 Å². The van der Waals surface area contributed by atoms with Crippen molar-refractivity contribution in [1.29, 1.82) is 0 Å². The smallest absolute Gasteiger partial charge is 0.257 e. The second-order valence-electron chi connectivity index (χ2n) is 4.96. The lowest BCUT2D eigenvalue weighted by atomic mass is 10.1. The van der Waals surface area contributed by atoms with Crippen LogP contribution in [-0.4, -0.2) is 22.3 Å². The standard InChI is InChI=1S/C15H15FN2OS/c1-10-9-20-14(17-10)13-7-4-8-18(13)15(19)11-5-2-3-6-12(11)16/h2-3,5-6,9,13H,4,7-8H2,1H3/t13-/m1/s1. The number of hydrogen-bond donors (Lipinski definition) is 0. The van der Waals surface area contributed by atoms with Crippen LogP contribution in [0.3, 0.4) is 0 Å². The fourth-order valence-electron chi connectivity index (χ4n) is 2.58. The molecule has 0 radical (unpaired) electrons. The zero-order valence-corrected chi connectivity index (χ0v) is 12.0. The molecule has 0 spiro atoms. The van der Waals surface area contributed by atoms with Gasteiger partial charge in [-0.2, -0.15) is 0 Å². The van der Waals surface area contributed by atoms with E-state index in [0.29, 0.717) is 6.54 Å². The summed E-state index contributed by atoms with van der Waals surface area (Å²) < 4.78 is 13.8. The van der Waals surface area contributed by atoms with Gasteiger partial charge in [0.15, 0.2) is 0 Å². The van der Waals surface area contributed by atoms with Crippen molar-refractivity contribution in [3.05, 3.63) is 51.7 Å². The monoisotopic (exact) mass is 290 g/mol. The lowest BCUT2D eigenvalue weighted by molar-refractivity contribution is 0.0730. The maximum Gasteiger partial charge on any atom is 0.257 e. The highest BCUT2D eigenvalue weighted by Crippen LogP contribution is 2.34. The number of aromatic nitrogens is 1. The molecule has 2 aromatic rings. The fourth-order valence-corrected chi connectivity index (χ4v) is 3.52. The van der Waals surface area contributed by atoms with Gasteiger partial charge in [-0.25, -0.2) is 9.37 Å². The normalized spacial score (nSPS) is 18.5. The van der Waals surface area contributed by atoms with Gasteiger partial charge in [0.2, 0.25) is 0 Å². The molecule has 1 aromatic heterocycles. The summed E-state index contributed by atoms with van der Waals surface area (Å²) in [5.41, 5.74) is 1.11. The topological polar surface area (TPSA) is 33.2 Å². The van der Waals surface area contributed by atoms with Crippen LogP contribution >= 0.6 is 11.3 Å². The van der Waals surface area contributed by atoms with E-state index < -0.39 is 5.82 Å². The van der Waals surface area contributed by atoms with Crippen LogP contribution in [0.25, 0.3) is 0 Å². The molecule has 1 aliphatic rings. The van der Waals surface area contributed by atoms with Gasteiger partial charge in [0.05, 0.1) is 11.6 Å². The molecule has 3 nitrogen and oxygen atoms in total. The first-order valence-electron chi connectivity index (χ1n) is 6.64. The molecule has 1 atom stereocenters. The second kappa shape index (κ2) is 5.32. The molecule has 1 aromatic carbocycles. The average Bonchev–Trinajstić information content (AvgIpc) is 3.06. The number of nitrogens with zero attached hydrogens (tertiary/aromatic N) is 2. The number of thiazole rings is 1. The zero-order valence-electron chi connectivity index (χ0n) is 11.2. The largest absolute Gasteiger partial charge is 0.329 e. The molecule has 104 valence electrons. The number of benzene rings is 1. The highest BCUT2D eigenvalue weighted by atomic mass is 32.1. The summed E-state index contributed by atoms with van der Waals surface area (Å²) in [6.07, 6.45) is 1.83. The van der Waals surface area contributed by atoms with Gasteiger partial charge >= 0.3 is 0 Å². The third kappa shape index (κ3) is 2.33. The van der Waals surface area contributed by atoms with E-state index in [1.807, 2.05) is 12.3 Å². The van der Waals surface area contributed by atoms with E-state index in [1.54, 1.807) is 34.4 Å². The van der Waals surface area contributed by atoms with Crippen molar-refractivity contribution in [2.75, 3.05) is 6.54 Å². The van der Waals surface area contributed by atoms with Crippen LogP contribution in [0.2, 0.25) is 0 Å². The van der Waals surface area contributed by atoms with E-state index in [4.69, 9.17) is 0 Å². The van der Waals surface area contributed by atoms with Gasteiger partial charge in [-0.05, 0) is 31.9 Å². The van der Waals surface area contributed by atoms with Gasteiger partial charge in [0, 0.05) is 17.6 Å². The molecule has 0 saturated carbocycles. The van der Waals surface area contributed by atoms with Crippen molar-refractivity contribution in [3.63, 3.8) is 0 Å². The number of amides is 1. The molecule has 2 heterocycles. The first kappa shape index (κ1) is 13.2. The minimum atomic E-state index is -0.460. The Bertz CT molecular complexity index is 640. The highest BCUT2D eigenvalue weighted by molar-refractivity contribution is 7.09. The van der Waals surface area contributed by atoms with Crippen LogP contribution in [0.4, 0.5) is 4.39 Å². The Morgan fingerprint density at radius 3 is 2.95 bits per heavy atom. The Kier molecular flexibility index (Phi) is 3.53. The summed E-state index contributed by atoms with van der Waals surface area (Å²) >= 11 is 1.57. The predicted octanol–water partition coefficient (Wildman–Crippen LogP) is 3.57. The van der Waals surface area contributed by atoms with Gasteiger partial charge in [-0.3, -0.25) is 4.79 Å². The molecular formula is C15H15FN2OS. The van der Waals surface area contributed by atoms with Crippen molar-refractivity contribution >= 4 is 17.2 Å². The number of halogens is 1. The second-order valence-corrected chi connectivity index (χ2v) is 5.85.